The quantitative estimate of drug-likeness (QED) is 0.419. The summed E-state index contributed by atoms with van der Waals surface area (Å²) < 4.78 is 1.83. The zero-order valence-corrected chi connectivity index (χ0v) is 19.6. The predicted octanol–water partition coefficient (Wildman–Crippen LogP) is 5.36. The number of nitrogens with zero attached hydrogens (tertiary/aromatic N) is 4. The van der Waals surface area contributed by atoms with Gasteiger partial charge >= 0.3 is 0 Å². The second kappa shape index (κ2) is 7.97. The Bertz CT molecular complexity index is 1310. The summed E-state index contributed by atoms with van der Waals surface area (Å²) in [5, 5.41) is 6.91. The number of aryl methyl sites for hydroxylation is 1. The van der Waals surface area contributed by atoms with E-state index in [1.165, 1.54) is 11.1 Å². The van der Waals surface area contributed by atoms with Gasteiger partial charge in [0.2, 0.25) is 0 Å². The monoisotopic (exact) mass is 454 g/mol. The molecule has 6 rings (SSSR count). The van der Waals surface area contributed by atoms with Crippen LogP contribution in [0.2, 0.25) is 0 Å². The lowest BCUT2D eigenvalue weighted by atomic mass is 9.88. The Morgan fingerprint density at radius 3 is 2.73 bits per heavy atom. The van der Waals surface area contributed by atoms with Crippen LogP contribution < -0.4 is 4.90 Å². The Hall–Kier alpha value is -3.22. The number of hydrogen-bond donors (Lipinski definition) is 0. The van der Waals surface area contributed by atoms with Gasteiger partial charge in [-0.1, -0.05) is 42.0 Å². The van der Waals surface area contributed by atoms with Crippen LogP contribution in [0.3, 0.4) is 0 Å². The number of para-hydroxylation sites is 1. The highest BCUT2D eigenvalue weighted by molar-refractivity contribution is 7.13. The second-order valence-electron chi connectivity index (χ2n) is 9.11. The van der Waals surface area contributed by atoms with Crippen LogP contribution in [0.1, 0.15) is 33.8 Å². The first-order valence-corrected chi connectivity index (χ1v) is 12.3. The van der Waals surface area contributed by atoms with Crippen LogP contribution in [-0.4, -0.2) is 46.8 Å². The summed E-state index contributed by atoms with van der Waals surface area (Å²) in [5.74, 6) is 0.389. The lowest BCUT2D eigenvalue weighted by molar-refractivity contribution is 0.0965. The number of likely N-dealkylation sites (tertiary alicyclic amines) is 1. The van der Waals surface area contributed by atoms with Crippen LogP contribution in [0.15, 0.2) is 72.2 Å². The molecule has 2 aromatic carbocycles. The van der Waals surface area contributed by atoms with E-state index in [0.29, 0.717) is 11.5 Å². The largest absolute Gasteiger partial charge is 0.306 e. The average molecular weight is 455 g/mol. The molecule has 6 heteroatoms. The molecule has 1 fully saturated rings. The van der Waals surface area contributed by atoms with Crippen LogP contribution >= 0.6 is 11.3 Å². The van der Waals surface area contributed by atoms with E-state index in [4.69, 9.17) is 5.10 Å². The maximum Gasteiger partial charge on any atom is 0.262 e. The third kappa shape index (κ3) is 3.41. The van der Waals surface area contributed by atoms with Crippen LogP contribution in [0.4, 0.5) is 5.69 Å². The minimum Gasteiger partial charge on any atom is -0.306 e. The number of hydrogen-bond acceptors (Lipinski definition) is 4. The van der Waals surface area contributed by atoms with Gasteiger partial charge in [-0.2, -0.15) is 5.10 Å². The van der Waals surface area contributed by atoms with Crippen molar-refractivity contribution in [2.75, 3.05) is 25.0 Å². The number of aromatic nitrogens is 2. The Morgan fingerprint density at radius 1 is 1.09 bits per heavy atom. The van der Waals surface area contributed by atoms with Crippen LogP contribution in [0.5, 0.6) is 0 Å². The molecule has 0 N–H and O–H groups in total. The fraction of sp³-hybridized carbons (Fsp3) is 0.259. The lowest BCUT2D eigenvalue weighted by Gasteiger charge is -2.36. The molecule has 1 saturated heterocycles. The molecule has 0 bridgehead atoms. The van der Waals surface area contributed by atoms with Gasteiger partial charge in [0.05, 0.1) is 16.1 Å². The van der Waals surface area contributed by atoms with E-state index in [1.54, 1.807) is 11.3 Å². The SMILES string of the molecule is Cc1ccc2c(c1)C1CN(C)CCC1N2C(=O)c1cn(-c2ccccc2)nc1-c1cccs1. The molecule has 4 aromatic rings. The van der Waals surface area contributed by atoms with Gasteiger partial charge in [-0.05, 0) is 62.1 Å². The van der Waals surface area contributed by atoms with Crippen molar-refractivity contribution in [1.29, 1.82) is 0 Å². The van der Waals surface area contributed by atoms with E-state index in [1.807, 2.05) is 58.7 Å². The number of benzene rings is 2. The Labute approximate surface area is 197 Å². The van der Waals surface area contributed by atoms with Crippen LogP contribution in [0, 0.1) is 6.92 Å². The Kier molecular flexibility index (Phi) is 4.93. The Morgan fingerprint density at radius 2 is 1.94 bits per heavy atom. The third-order valence-electron chi connectivity index (χ3n) is 6.89. The number of amides is 1. The second-order valence-corrected chi connectivity index (χ2v) is 10.1. The average Bonchev–Trinajstić information content (AvgIpc) is 3.56. The van der Waals surface area contributed by atoms with Crippen molar-refractivity contribution >= 4 is 22.9 Å². The van der Waals surface area contributed by atoms with Gasteiger partial charge < -0.3 is 9.80 Å². The van der Waals surface area contributed by atoms with E-state index in [0.717, 1.165) is 41.5 Å². The van der Waals surface area contributed by atoms with Gasteiger partial charge in [0.1, 0.15) is 5.69 Å². The molecule has 2 unspecified atom stereocenters. The number of rotatable bonds is 3. The van der Waals surface area contributed by atoms with Gasteiger partial charge in [-0.25, -0.2) is 4.68 Å². The van der Waals surface area contributed by atoms with Crippen molar-refractivity contribution in [1.82, 2.24) is 14.7 Å². The van der Waals surface area contributed by atoms with Gasteiger partial charge in [-0.15, -0.1) is 11.3 Å². The first-order valence-electron chi connectivity index (χ1n) is 11.4. The number of thiophene rings is 1. The fourth-order valence-corrected chi connectivity index (χ4v) is 6.04. The van der Waals surface area contributed by atoms with E-state index >= 15 is 0 Å². The molecule has 2 atom stereocenters. The molecule has 2 aliphatic heterocycles. The molecule has 166 valence electrons. The summed E-state index contributed by atoms with van der Waals surface area (Å²) in [4.78, 5) is 19.7. The molecule has 33 heavy (non-hydrogen) atoms. The summed E-state index contributed by atoms with van der Waals surface area (Å²) in [6.07, 6.45) is 2.88. The van der Waals surface area contributed by atoms with E-state index in [9.17, 15) is 4.79 Å². The molecule has 2 aliphatic rings. The molecular formula is C27H26N4OS. The number of carbonyl (C=O) groups is 1. The van der Waals surface area contributed by atoms with Crippen molar-refractivity contribution in [3.8, 4) is 16.3 Å². The van der Waals surface area contributed by atoms with Crippen molar-refractivity contribution < 1.29 is 4.79 Å². The summed E-state index contributed by atoms with van der Waals surface area (Å²) in [7, 11) is 2.18. The summed E-state index contributed by atoms with van der Waals surface area (Å²) >= 11 is 1.62. The van der Waals surface area contributed by atoms with Crippen molar-refractivity contribution in [2.24, 2.45) is 0 Å². The number of likely N-dealkylation sites (N-methyl/N-ethyl adjacent to an activating group) is 1. The van der Waals surface area contributed by atoms with Crippen molar-refractivity contribution in [3.05, 3.63) is 88.9 Å². The molecule has 0 radical (unpaired) electrons. The fourth-order valence-electron chi connectivity index (χ4n) is 5.31. The lowest BCUT2D eigenvalue weighted by Crippen LogP contribution is -2.47. The van der Waals surface area contributed by atoms with Gasteiger partial charge in [-0.3, -0.25) is 4.79 Å². The zero-order valence-electron chi connectivity index (χ0n) is 18.8. The summed E-state index contributed by atoms with van der Waals surface area (Å²) in [6, 6.07) is 20.8. The summed E-state index contributed by atoms with van der Waals surface area (Å²) in [6.45, 7) is 4.11. The standard InChI is InChI=1S/C27H26N4OS/c1-18-10-11-23-20(15-18)21-16-29(2)13-12-24(21)31(23)27(32)22-17-30(19-7-4-3-5-8-19)28-26(22)25-9-6-14-33-25/h3-11,14-15,17,21,24H,12-13,16H2,1-2H3. The van der Waals surface area contributed by atoms with Crippen molar-refractivity contribution in [2.45, 2.75) is 25.3 Å². The molecule has 0 saturated carbocycles. The first-order chi connectivity index (χ1) is 16.1. The smallest absolute Gasteiger partial charge is 0.262 e. The van der Waals surface area contributed by atoms with Crippen LogP contribution in [-0.2, 0) is 0 Å². The Balaban J connectivity index is 1.48. The van der Waals surface area contributed by atoms with Crippen molar-refractivity contribution in [3.63, 3.8) is 0 Å². The molecular weight excluding hydrogens is 428 g/mol. The number of fused-ring (bicyclic) bond motifs is 3. The molecule has 1 amide bonds. The summed E-state index contributed by atoms with van der Waals surface area (Å²) in [5.41, 5.74) is 5.96. The molecule has 2 aromatic heterocycles. The first kappa shape index (κ1) is 20.4. The van der Waals surface area contributed by atoms with E-state index in [-0.39, 0.29) is 11.9 Å². The van der Waals surface area contributed by atoms with Gasteiger partial charge in [0, 0.05) is 30.4 Å². The maximum atomic E-state index is 14.3. The molecule has 4 heterocycles. The van der Waals surface area contributed by atoms with Gasteiger partial charge in [0.25, 0.3) is 5.91 Å². The maximum absolute atomic E-state index is 14.3. The predicted molar refractivity (Wildman–Crippen MR) is 134 cm³/mol. The highest BCUT2D eigenvalue weighted by Crippen LogP contribution is 2.46. The molecule has 0 spiro atoms. The highest BCUT2D eigenvalue weighted by Gasteiger charge is 2.44. The minimum atomic E-state index is 0.0442. The van der Waals surface area contributed by atoms with Crippen LogP contribution in [0.25, 0.3) is 16.3 Å². The van der Waals surface area contributed by atoms with E-state index in [2.05, 4.69) is 42.0 Å². The molecule has 0 aliphatic carbocycles. The zero-order chi connectivity index (χ0) is 22.5. The number of carbonyl (C=O) groups excluding carboxylic acids is 1. The molecule has 5 nitrogen and oxygen atoms in total. The number of piperidine rings is 1. The number of anilines is 1. The normalized spacial score (nSPS) is 20.0. The highest BCUT2D eigenvalue weighted by atomic mass is 32.1. The third-order valence-corrected chi connectivity index (χ3v) is 7.77. The topological polar surface area (TPSA) is 41.4 Å². The van der Waals surface area contributed by atoms with Gasteiger partial charge in [0.15, 0.2) is 0 Å². The minimum absolute atomic E-state index is 0.0442. The van der Waals surface area contributed by atoms with E-state index < -0.39 is 0 Å².